The number of carbonyl (C=O) groups is 1. The second kappa shape index (κ2) is 6.45. The highest BCUT2D eigenvalue weighted by atomic mass is 32.2. The zero-order chi connectivity index (χ0) is 20.5. The van der Waals surface area contributed by atoms with Gasteiger partial charge in [0.25, 0.3) is 5.91 Å². The summed E-state index contributed by atoms with van der Waals surface area (Å²) >= 11 is 0. The molecule has 2 N–H and O–H groups in total. The molecular formula is C23H35NO3S. The van der Waals surface area contributed by atoms with Crippen molar-refractivity contribution in [1.82, 2.24) is 5.32 Å². The summed E-state index contributed by atoms with van der Waals surface area (Å²) < 4.78 is 13.3. The Bertz CT molecular complexity index is 785. The Morgan fingerprint density at radius 2 is 1.82 bits per heavy atom. The van der Waals surface area contributed by atoms with Gasteiger partial charge in [-0.2, -0.15) is 0 Å². The van der Waals surface area contributed by atoms with Gasteiger partial charge in [0.05, 0.1) is 10.8 Å². The summed E-state index contributed by atoms with van der Waals surface area (Å²) in [6, 6.07) is 0. The van der Waals surface area contributed by atoms with Crippen LogP contribution in [0, 0.1) is 34.0 Å². The number of carbonyl (C=O) groups excluding carboxylic acids is 1. The minimum Gasteiger partial charge on any atom is -0.507 e. The zero-order valence-electron chi connectivity index (χ0n) is 17.9. The average Bonchev–Trinajstić information content (AvgIpc) is 2.62. The van der Waals surface area contributed by atoms with Crippen LogP contribution in [-0.2, 0) is 15.6 Å². The van der Waals surface area contributed by atoms with E-state index in [9.17, 15) is 14.1 Å². The fourth-order valence-corrected chi connectivity index (χ4v) is 9.89. The van der Waals surface area contributed by atoms with E-state index in [-0.39, 0.29) is 33.7 Å². The molecule has 28 heavy (non-hydrogen) atoms. The van der Waals surface area contributed by atoms with Crippen LogP contribution in [0.3, 0.4) is 0 Å². The molecule has 0 aromatic rings. The van der Waals surface area contributed by atoms with Gasteiger partial charge in [0, 0.05) is 29.5 Å². The summed E-state index contributed by atoms with van der Waals surface area (Å²) in [6.45, 7) is 9.66. The molecule has 1 heterocycles. The molecule has 0 spiro atoms. The van der Waals surface area contributed by atoms with Crippen LogP contribution in [0.2, 0.25) is 0 Å². The number of hydrogen-bond donors (Lipinski definition) is 2. The van der Waals surface area contributed by atoms with Gasteiger partial charge in [-0.25, -0.2) is 0 Å². The van der Waals surface area contributed by atoms with Crippen LogP contribution in [0.15, 0.2) is 23.5 Å². The predicted octanol–water partition coefficient (Wildman–Crippen LogP) is 4.11. The van der Waals surface area contributed by atoms with Gasteiger partial charge in [-0.1, -0.05) is 40.2 Å². The van der Waals surface area contributed by atoms with Crippen molar-refractivity contribution in [2.24, 2.45) is 34.0 Å². The van der Waals surface area contributed by atoms with Crippen molar-refractivity contribution in [1.29, 1.82) is 0 Å². The maximum atomic E-state index is 13.3. The third kappa shape index (κ3) is 2.68. The smallest absolute Gasteiger partial charge is 0.254 e. The second-order valence-electron chi connectivity index (χ2n) is 10.7. The van der Waals surface area contributed by atoms with Gasteiger partial charge in [0.1, 0.15) is 5.76 Å². The van der Waals surface area contributed by atoms with Gasteiger partial charge in [-0.15, -0.1) is 0 Å². The summed E-state index contributed by atoms with van der Waals surface area (Å²) in [4.78, 5) is 12.3. The number of allylic oxidation sites excluding steroid dienone is 1. The molecule has 0 radical (unpaired) electrons. The number of aliphatic hydroxyl groups excluding tert-OH is 1. The summed E-state index contributed by atoms with van der Waals surface area (Å²) in [5.74, 6) is 1.52. The van der Waals surface area contributed by atoms with Crippen LogP contribution in [-0.4, -0.2) is 33.3 Å². The van der Waals surface area contributed by atoms with Crippen molar-refractivity contribution in [3.05, 3.63) is 23.5 Å². The molecule has 4 rings (SSSR count). The number of aliphatic hydroxyl groups is 1. The van der Waals surface area contributed by atoms with E-state index >= 15 is 0 Å². The van der Waals surface area contributed by atoms with Crippen molar-refractivity contribution >= 4 is 16.7 Å². The van der Waals surface area contributed by atoms with E-state index in [1.165, 1.54) is 25.7 Å². The highest BCUT2D eigenvalue weighted by Gasteiger charge is 2.63. The first-order valence-electron chi connectivity index (χ1n) is 10.8. The number of fused-ring (bicyclic) bond motifs is 5. The first-order chi connectivity index (χ1) is 13.0. The molecule has 7 atom stereocenters. The summed E-state index contributed by atoms with van der Waals surface area (Å²) in [7, 11) is 0.555. The van der Waals surface area contributed by atoms with Crippen LogP contribution in [0.25, 0.3) is 0 Å². The fourth-order valence-electron chi connectivity index (χ4n) is 7.58. The molecule has 4 nitrogen and oxygen atoms in total. The van der Waals surface area contributed by atoms with E-state index in [0.717, 1.165) is 6.42 Å². The fraction of sp³-hybridized carbons (Fsp3) is 0.783. The molecular weight excluding hydrogens is 370 g/mol. The van der Waals surface area contributed by atoms with Crippen LogP contribution < -0.4 is 5.32 Å². The Labute approximate surface area is 171 Å². The van der Waals surface area contributed by atoms with Crippen molar-refractivity contribution < 1.29 is 14.1 Å². The number of likely N-dealkylation sites (N-methyl/N-ethyl adjacent to an activating group) is 1. The van der Waals surface area contributed by atoms with Crippen molar-refractivity contribution in [2.75, 3.05) is 12.8 Å². The maximum absolute atomic E-state index is 13.3. The van der Waals surface area contributed by atoms with E-state index < -0.39 is 10.8 Å². The Hall–Kier alpha value is -1.10. The van der Waals surface area contributed by atoms with E-state index in [0.29, 0.717) is 28.6 Å². The van der Waals surface area contributed by atoms with Crippen LogP contribution in [0.5, 0.6) is 0 Å². The van der Waals surface area contributed by atoms with Gasteiger partial charge >= 0.3 is 0 Å². The quantitative estimate of drug-likeness (QED) is 0.690. The highest BCUT2D eigenvalue weighted by Crippen LogP contribution is 2.68. The Balaban J connectivity index is 1.79. The second-order valence-corrected chi connectivity index (χ2v) is 12.4. The summed E-state index contributed by atoms with van der Waals surface area (Å²) in [6.07, 6.45) is 9.68. The minimum atomic E-state index is -1.03. The predicted molar refractivity (Wildman–Crippen MR) is 113 cm³/mol. The third-order valence-electron chi connectivity index (χ3n) is 9.01. The molecule has 156 valence electrons. The molecule has 3 aliphatic carbocycles. The first kappa shape index (κ1) is 20.2. The number of rotatable bonds is 1. The molecule has 3 unspecified atom stereocenters. The first-order valence-corrected chi connectivity index (χ1v) is 12.1. The normalized spacial score (nSPS) is 47.0. The Kier molecular flexibility index (Phi) is 4.65. The molecule has 1 aliphatic heterocycles. The number of nitrogens with one attached hydrogen (secondary N) is 1. The van der Waals surface area contributed by atoms with Crippen molar-refractivity contribution in [3.63, 3.8) is 0 Å². The number of amides is 1. The lowest BCUT2D eigenvalue weighted by Crippen LogP contribution is -2.62. The standard InChI is InChI=1S/C23H35NO3S/c1-21(2)8-6-9-23(4)18(21)7-10-22(3)15-11-14(20(26)24-5)16(25)12-17(15)28(27)13-19(22)23/h11-12,15,17-19,25H,6-10,13H2,1-5H3,(H,24,26)/t15?,17?,18-,19-,22-,23-,28?/m0/s1. The molecule has 3 fully saturated rings. The molecule has 0 aromatic heterocycles. The lowest BCUT2D eigenvalue weighted by Gasteiger charge is -2.66. The maximum Gasteiger partial charge on any atom is 0.254 e. The molecule has 1 saturated heterocycles. The van der Waals surface area contributed by atoms with Crippen LogP contribution >= 0.6 is 0 Å². The van der Waals surface area contributed by atoms with Gasteiger partial charge in [-0.3, -0.25) is 9.00 Å². The molecule has 5 heteroatoms. The molecule has 2 saturated carbocycles. The lowest BCUT2D eigenvalue weighted by molar-refractivity contribution is -0.135. The Morgan fingerprint density at radius 1 is 1.11 bits per heavy atom. The van der Waals surface area contributed by atoms with E-state index in [2.05, 4.69) is 33.0 Å². The van der Waals surface area contributed by atoms with Crippen molar-refractivity contribution in [3.8, 4) is 0 Å². The monoisotopic (exact) mass is 405 g/mol. The summed E-state index contributed by atoms with van der Waals surface area (Å²) in [5.41, 5.74) is 0.882. The van der Waals surface area contributed by atoms with Gasteiger partial charge in [-0.05, 0) is 59.8 Å². The molecule has 4 aliphatic rings. The molecule has 0 bridgehead atoms. The van der Waals surface area contributed by atoms with Crippen LogP contribution in [0.1, 0.15) is 59.8 Å². The Morgan fingerprint density at radius 3 is 2.50 bits per heavy atom. The van der Waals surface area contributed by atoms with Crippen molar-refractivity contribution in [2.45, 2.75) is 65.0 Å². The highest BCUT2D eigenvalue weighted by molar-refractivity contribution is 7.85. The van der Waals surface area contributed by atoms with E-state index in [4.69, 9.17) is 0 Å². The number of hydrogen-bond acceptors (Lipinski definition) is 3. The summed E-state index contributed by atoms with van der Waals surface area (Å²) in [5, 5.41) is 12.9. The zero-order valence-corrected chi connectivity index (χ0v) is 18.7. The molecule has 0 aromatic carbocycles. The van der Waals surface area contributed by atoms with Gasteiger partial charge < -0.3 is 10.4 Å². The SMILES string of the molecule is CNC(=O)C1=CC2C(C=C1O)S(=O)C[C@@H]1[C@@]3(C)CCCC(C)(C)[C@@H]3CC[C@@]21C. The minimum absolute atomic E-state index is 0.00766. The largest absolute Gasteiger partial charge is 0.507 e. The van der Waals surface area contributed by atoms with Gasteiger partial charge in [0.15, 0.2) is 0 Å². The van der Waals surface area contributed by atoms with Gasteiger partial charge in [0.2, 0.25) is 0 Å². The third-order valence-corrected chi connectivity index (χ3v) is 10.7. The van der Waals surface area contributed by atoms with E-state index in [1.54, 1.807) is 13.1 Å². The van der Waals surface area contributed by atoms with E-state index in [1.807, 2.05) is 6.08 Å². The average molecular weight is 406 g/mol. The van der Waals surface area contributed by atoms with Crippen LogP contribution in [0.4, 0.5) is 0 Å². The lowest BCUT2D eigenvalue weighted by atomic mass is 9.41. The topological polar surface area (TPSA) is 66.4 Å². The molecule has 1 amide bonds.